The second-order valence-electron chi connectivity index (χ2n) is 3.82. The molecule has 19 heavy (non-hydrogen) atoms. The van der Waals surface area contributed by atoms with Gasteiger partial charge in [0.05, 0.1) is 32.9 Å². The van der Waals surface area contributed by atoms with Gasteiger partial charge >= 0.3 is 5.97 Å². The van der Waals surface area contributed by atoms with Crippen molar-refractivity contribution in [3.05, 3.63) is 51.1 Å². The summed E-state index contributed by atoms with van der Waals surface area (Å²) < 4.78 is 0. The van der Waals surface area contributed by atoms with Gasteiger partial charge in [-0.2, -0.15) is 0 Å². The molecular formula is C13H8Cl3NO2. The molecule has 98 valence electrons. The summed E-state index contributed by atoms with van der Waals surface area (Å²) in [6.45, 7) is 0. The largest absolute Gasteiger partial charge is 0.481 e. The highest BCUT2D eigenvalue weighted by atomic mass is 35.5. The number of carboxylic acid groups (broad SMARTS) is 1. The molecule has 0 bridgehead atoms. The Kier molecular flexibility index (Phi) is 4.30. The van der Waals surface area contributed by atoms with Crippen LogP contribution in [-0.2, 0) is 11.2 Å². The number of benzene rings is 1. The van der Waals surface area contributed by atoms with Crippen molar-refractivity contribution in [3.8, 4) is 11.3 Å². The van der Waals surface area contributed by atoms with Gasteiger partial charge in [-0.05, 0) is 24.3 Å². The van der Waals surface area contributed by atoms with Crippen molar-refractivity contribution in [3.63, 3.8) is 0 Å². The van der Waals surface area contributed by atoms with E-state index < -0.39 is 5.97 Å². The third-order valence-corrected chi connectivity index (χ3v) is 3.54. The third-order valence-electron chi connectivity index (χ3n) is 2.45. The monoisotopic (exact) mass is 315 g/mol. The van der Waals surface area contributed by atoms with E-state index in [0.717, 1.165) is 5.56 Å². The van der Waals surface area contributed by atoms with Crippen LogP contribution >= 0.6 is 34.8 Å². The van der Waals surface area contributed by atoms with Gasteiger partial charge in [-0.25, -0.2) is 0 Å². The molecular weight excluding hydrogens is 309 g/mol. The molecule has 1 heterocycles. The van der Waals surface area contributed by atoms with Crippen LogP contribution in [0, 0.1) is 0 Å². The minimum atomic E-state index is -0.985. The van der Waals surface area contributed by atoms with Gasteiger partial charge in [0.1, 0.15) is 0 Å². The van der Waals surface area contributed by atoms with Gasteiger partial charge in [-0.1, -0.05) is 40.9 Å². The summed E-state index contributed by atoms with van der Waals surface area (Å²) in [5.41, 5.74) is 1.66. The first-order chi connectivity index (χ1) is 8.97. The Labute approximate surface area is 124 Å². The van der Waals surface area contributed by atoms with Gasteiger partial charge in [-0.15, -0.1) is 0 Å². The van der Waals surface area contributed by atoms with Gasteiger partial charge in [0.25, 0.3) is 0 Å². The standard InChI is InChI=1S/C13H8Cl3NO2/c14-8-2-1-7(5-10(8)16)11-4-3-9(15)12(17-11)6-13(18)19/h1-5H,6H2,(H,18,19). The quantitative estimate of drug-likeness (QED) is 0.916. The first kappa shape index (κ1) is 14.1. The molecule has 0 aliphatic heterocycles. The molecule has 0 unspecified atom stereocenters. The van der Waals surface area contributed by atoms with Crippen molar-refractivity contribution < 1.29 is 9.90 Å². The zero-order valence-electron chi connectivity index (χ0n) is 9.53. The first-order valence-electron chi connectivity index (χ1n) is 5.30. The molecule has 1 aromatic heterocycles. The molecule has 0 amide bonds. The second-order valence-corrected chi connectivity index (χ2v) is 5.05. The molecule has 0 aliphatic rings. The lowest BCUT2D eigenvalue weighted by atomic mass is 10.1. The van der Waals surface area contributed by atoms with Crippen molar-refractivity contribution in [2.75, 3.05) is 0 Å². The van der Waals surface area contributed by atoms with Crippen LogP contribution in [0.1, 0.15) is 5.69 Å². The molecule has 3 nitrogen and oxygen atoms in total. The molecule has 6 heteroatoms. The van der Waals surface area contributed by atoms with E-state index in [1.807, 2.05) is 0 Å². The Hall–Kier alpha value is -1.29. The first-order valence-corrected chi connectivity index (χ1v) is 6.43. The van der Waals surface area contributed by atoms with Gasteiger partial charge in [0.15, 0.2) is 0 Å². The van der Waals surface area contributed by atoms with Gasteiger partial charge < -0.3 is 5.11 Å². The fraction of sp³-hybridized carbons (Fsp3) is 0.0769. The molecule has 1 N–H and O–H groups in total. The fourth-order valence-electron chi connectivity index (χ4n) is 1.57. The molecule has 2 aromatic rings. The summed E-state index contributed by atoms with van der Waals surface area (Å²) in [5.74, 6) is -0.985. The maximum Gasteiger partial charge on any atom is 0.309 e. The summed E-state index contributed by atoms with van der Waals surface area (Å²) in [6.07, 6.45) is -0.228. The number of aliphatic carboxylic acids is 1. The van der Waals surface area contributed by atoms with Crippen LogP contribution in [0.15, 0.2) is 30.3 Å². The van der Waals surface area contributed by atoms with Crippen molar-refractivity contribution >= 4 is 40.8 Å². The summed E-state index contributed by atoms with van der Waals surface area (Å²) in [6, 6.07) is 8.41. The molecule has 0 radical (unpaired) electrons. The fourth-order valence-corrected chi connectivity index (χ4v) is 2.04. The Morgan fingerprint density at radius 3 is 2.37 bits per heavy atom. The number of pyridine rings is 1. The highest BCUT2D eigenvalue weighted by Crippen LogP contribution is 2.28. The summed E-state index contributed by atoms with van der Waals surface area (Å²) in [4.78, 5) is 15.0. The van der Waals surface area contributed by atoms with Crippen LogP contribution < -0.4 is 0 Å². The van der Waals surface area contributed by atoms with E-state index in [1.54, 1.807) is 30.3 Å². The van der Waals surface area contributed by atoms with Gasteiger partial charge in [0, 0.05) is 5.56 Å². The van der Waals surface area contributed by atoms with E-state index in [4.69, 9.17) is 39.9 Å². The van der Waals surface area contributed by atoms with Crippen LogP contribution in [0.25, 0.3) is 11.3 Å². The lowest BCUT2D eigenvalue weighted by Gasteiger charge is -2.06. The Bertz CT molecular complexity index is 644. The average Bonchev–Trinajstić information content (AvgIpc) is 2.35. The van der Waals surface area contributed by atoms with Crippen LogP contribution in [0.3, 0.4) is 0 Å². The van der Waals surface area contributed by atoms with E-state index in [2.05, 4.69) is 4.98 Å². The second kappa shape index (κ2) is 5.78. The van der Waals surface area contributed by atoms with Crippen molar-refractivity contribution in [2.24, 2.45) is 0 Å². The maximum absolute atomic E-state index is 10.7. The molecule has 2 rings (SSSR count). The lowest BCUT2D eigenvalue weighted by molar-refractivity contribution is -0.136. The van der Waals surface area contributed by atoms with Gasteiger partial charge in [0.2, 0.25) is 0 Å². The number of carbonyl (C=O) groups is 1. The highest BCUT2D eigenvalue weighted by molar-refractivity contribution is 6.42. The normalized spacial score (nSPS) is 10.5. The van der Waals surface area contributed by atoms with E-state index in [-0.39, 0.29) is 6.42 Å². The predicted molar refractivity (Wildman–Crippen MR) is 76.0 cm³/mol. The summed E-state index contributed by atoms with van der Waals surface area (Å²) >= 11 is 17.7. The highest BCUT2D eigenvalue weighted by Gasteiger charge is 2.10. The Morgan fingerprint density at radius 2 is 1.74 bits per heavy atom. The topological polar surface area (TPSA) is 50.2 Å². The van der Waals surface area contributed by atoms with E-state index in [9.17, 15) is 4.79 Å². The minimum absolute atomic E-state index is 0.228. The predicted octanol–water partition coefficient (Wildman–Crippen LogP) is 4.34. The van der Waals surface area contributed by atoms with Crippen molar-refractivity contribution in [1.82, 2.24) is 4.98 Å². The van der Waals surface area contributed by atoms with Crippen LogP contribution in [0.4, 0.5) is 0 Å². The Morgan fingerprint density at radius 1 is 1.05 bits per heavy atom. The molecule has 0 aliphatic carbocycles. The van der Waals surface area contributed by atoms with Crippen molar-refractivity contribution in [1.29, 1.82) is 0 Å². The third kappa shape index (κ3) is 3.38. The summed E-state index contributed by atoms with van der Waals surface area (Å²) in [5, 5.41) is 9.98. The summed E-state index contributed by atoms with van der Waals surface area (Å²) in [7, 11) is 0. The number of hydrogen-bond donors (Lipinski definition) is 1. The van der Waals surface area contributed by atoms with Crippen LogP contribution in [0.5, 0.6) is 0 Å². The minimum Gasteiger partial charge on any atom is -0.481 e. The van der Waals surface area contributed by atoms with E-state index >= 15 is 0 Å². The maximum atomic E-state index is 10.7. The van der Waals surface area contributed by atoms with Crippen molar-refractivity contribution in [2.45, 2.75) is 6.42 Å². The van der Waals surface area contributed by atoms with E-state index in [1.165, 1.54) is 0 Å². The molecule has 0 fully saturated rings. The Balaban J connectivity index is 2.44. The number of aromatic nitrogens is 1. The number of rotatable bonds is 3. The van der Waals surface area contributed by atoms with Crippen LogP contribution in [-0.4, -0.2) is 16.1 Å². The smallest absolute Gasteiger partial charge is 0.309 e. The van der Waals surface area contributed by atoms with E-state index in [0.29, 0.717) is 26.5 Å². The zero-order chi connectivity index (χ0) is 14.0. The SMILES string of the molecule is O=C(O)Cc1nc(-c2ccc(Cl)c(Cl)c2)ccc1Cl. The lowest BCUT2D eigenvalue weighted by Crippen LogP contribution is -2.03. The van der Waals surface area contributed by atoms with Crippen LogP contribution in [0.2, 0.25) is 15.1 Å². The average molecular weight is 317 g/mol. The molecule has 1 aromatic carbocycles. The molecule has 0 saturated heterocycles. The van der Waals surface area contributed by atoms with Gasteiger partial charge in [-0.3, -0.25) is 9.78 Å². The number of halogens is 3. The zero-order valence-corrected chi connectivity index (χ0v) is 11.8. The number of carboxylic acids is 1. The molecule has 0 spiro atoms. The molecule has 0 saturated carbocycles. The molecule has 0 atom stereocenters. The number of nitrogens with zero attached hydrogens (tertiary/aromatic N) is 1. The number of hydrogen-bond acceptors (Lipinski definition) is 2.